The van der Waals surface area contributed by atoms with Crippen molar-refractivity contribution in [3.05, 3.63) is 46.7 Å². The Morgan fingerprint density at radius 2 is 1.90 bits per heavy atom. The topological polar surface area (TPSA) is 50.4 Å². The predicted octanol–water partition coefficient (Wildman–Crippen LogP) is 4.88. The van der Waals surface area contributed by atoms with Gasteiger partial charge in [0.1, 0.15) is 0 Å². The fraction of sp³-hybridized carbons (Fsp3) is 0.312. The number of thiophene rings is 1. The minimum atomic E-state index is -0.428. The van der Waals surface area contributed by atoms with Crippen LogP contribution in [0.4, 0.5) is 16.2 Å². The Bertz CT molecular complexity index is 552. The van der Waals surface area contributed by atoms with Crippen molar-refractivity contribution in [2.45, 2.75) is 26.3 Å². The molecule has 112 valence electrons. The van der Waals surface area contributed by atoms with Gasteiger partial charge in [-0.25, -0.2) is 4.79 Å². The van der Waals surface area contributed by atoms with Crippen LogP contribution in [0.1, 0.15) is 31.2 Å². The summed E-state index contributed by atoms with van der Waals surface area (Å²) in [5.74, 6) is 0. The highest BCUT2D eigenvalue weighted by atomic mass is 32.1. The lowest BCUT2D eigenvalue weighted by atomic mass is 10.1. The van der Waals surface area contributed by atoms with Crippen LogP contribution < -0.4 is 10.6 Å². The van der Waals surface area contributed by atoms with Gasteiger partial charge in [0.25, 0.3) is 0 Å². The van der Waals surface area contributed by atoms with Gasteiger partial charge in [-0.15, -0.1) is 11.3 Å². The van der Waals surface area contributed by atoms with Crippen molar-refractivity contribution in [2.24, 2.45) is 0 Å². The zero-order chi connectivity index (χ0) is 15.1. The molecule has 0 aliphatic carbocycles. The molecule has 0 saturated heterocycles. The van der Waals surface area contributed by atoms with Gasteiger partial charge in [-0.3, -0.25) is 5.32 Å². The molecule has 0 saturated carbocycles. The molecule has 5 heteroatoms. The Balaban J connectivity index is 1.97. The minimum Gasteiger partial charge on any atom is -0.450 e. The molecule has 0 aliphatic heterocycles. The molecule has 0 fully saturated rings. The van der Waals surface area contributed by atoms with Gasteiger partial charge < -0.3 is 10.1 Å². The van der Waals surface area contributed by atoms with Crippen LogP contribution >= 0.6 is 11.3 Å². The maximum Gasteiger partial charge on any atom is 0.411 e. The van der Waals surface area contributed by atoms with Gasteiger partial charge in [-0.2, -0.15) is 0 Å². The zero-order valence-corrected chi connectivity index (χ0v) is 13.1. The maximum atomic E-state index is 11.3. The van der Waals surface area contributed by atoms with E-state index in [2.05, 4.69) is 35.1 Å². The Morgan fingerprint density at radius 3 is 2.48 bits per heavy atom. The third-order valence-electron chi connectivity index (χ3n) is 3.04. The summed E-state index contributed by atoms with van der Waals surface area (Å²) in [7, 11) is 0. The zero-order valence-electron chi connectivity index (χ0n) is 12.3. The second kappa shape index (κ2) is 7.69. The average Bonchev–Trinajstić information content (AvgIpc) is 3.01. The second-order valence-electron chi connectivity index (χ2n) is 4.54. The van der Waals surface area contributed by atoms with E-state index in [1.807, 2.05) is 24.3 Å². The summed E-state index contributed by atoms with van der Waals surface area (Å²) < 4.78 is 4.84. The van der Waals surface area contributed by atoms with Gasteiger partial charge in [0, 0.05) is 16.3 Å². The number of carbonyl (C=O) groups is 1. The molecule has 4 nitrogen and oxygen atoms in total. The van der Waals surface area contributed by atoms with Crippen LogP contribution in [0, 0.1) is 0 Å². The van der Waals surface area contributed by atoms with Crippen molar-refractivity contribution in [1.29, 1.82) is 0 Å². The number of anilines is 2. The van der Waals surface area contributed by atoms with E-state index in [0.717, 1.165) is 17.8 Å². The van der Waals surface area contributed by atoms with Gasteiger partial charge >= 0.3 is 6.09 Å². The van der Waals surface area contributed by atoms with E-state index in [0.29, 0.717) is 12.6 Å². The molecule has 0 spiro atoms. The van der Waals surface area contributed by atoms with Crippen LogP contribution in [-0.4, -0.2) is 12.7 Å². The molecule has 2 N–H and O–H groups in total. The number of nitrogens with one attached hydrogen (secondary N) is 2. The van der Waals surface area contributed by atoms with E-state index < -0.39 is 6.09 Å². The van der Waals surface area contributed by atoms with Gasteiger partial charge in [0.2, 0.25) is 0 Å². The lowest BCUT2D eigenvalue weighted by Gasteiger charge is -2.17. The highest BCUT2D eigenvalue weighted by Crippen LogP contribution is 2.26. The Labute approximate surface area is 129 Å². The normalized spacial score (nSPS) is 11.7. The van der Waals surface area contributed by atoms with Gasteiger partial charge in [-0.1, -0.05) is 13.0 Å². The van der Waals surface area contributed by atoms with E-state index in [-0.39, 0.29) is 0 Å². The van der Waals surface area contributed by atoms with Crippen molar-refractivity contribution in [3.8, 4) is 0 Å². The lowest BCUT2D eigenvalue weighted by molar-refractivity contribution is 0.168. The Kier molecular flexibility index (Phi) is 5.63. The van der Waals surface area contributed by atoms with E-state index >= 15 is 0 Å². The van der Waals surface area contributed by atoms with Crippen LogP contribution in [-0.2, 0) is 4.74 Å². The summed E-state index contributed by atoms with van der Waals surface area (Å²) in [6, 6.07) is 12.2. The summed E-state index contributed by atoms with van der Waals surface area (Å²) in [5, 5.41) is 8.27. The number of ether oxygens (including phenoxy) is 1. The smallest absolute Gasteiger partial charge is 0.411 e. The second-order valence-corrected chi connectivity index (χ2v) is 5.52. The first-order valence-electron chi connectivity index (χ1n) is 7.06. The number of carbonyl (C=O) groups excluding carboxylic acids is 1. The minimum absolute atomic E-state index is 0.314. The predicted molar refractivity (Wildman–Crippen MR) is 88.1 cm³/mol. The maximum absolute atomic E-state index is 11.3. The summed E-state index contributed by atoms with van der Waals surface area (Å²) in [6.07, 6.45) is 0.590. The van der Waals surface area contributed by atoms with Crippen molar-refractivity contribution >= 4 is 28.8 Å². The standard InChI is InChI=1S/C16H20N2O2S/c1-3-14(15-6-5-11-21-15)17-12-7-9-13(10-8-12)18-16(19)20-4-2/h5-11,14,17H,3-4H2,1-2H3,(H,18,19). The number of amides is 1. The van der Waals surface area contributed by atoms with E-state index in [4.69, 9.17) is 4.74 Å². The quantitative estimate of drug-likeness (QED) is 0.799. The molecule has 1 unspecified atom stereocenters. The fourth-order valence-corrected chi connectivity index (χ4v) is 2.86. The molecule has 21 heavy (non-hydrogen) atoms. The van der Waals surface area contributed by atoms with Crippen molar-refractivity contribution < 1.29 is 9.53 Å². The molecule has 1 atom stereocenters. The first-order valence-corrected chi connectivity index (χ1v) is 7.94. The number of rotatable bonds is 6. The highest BCUT2D eigenvalue weighted by molar-refractivity contribution is 7.10. The molecule has 0 aliphatic rings. The summed E-state index contributed by atoms with van der Waals surface area (Å²) in [6.45, 7) is 4.31. The Hall–Kier alpha value is -2.01. The number of hydrogen-bond donors (Lipinski definition) is 2. The third kappa shape index (κ3) is 4.49. The van der Waals surface area contributed by atoms with Crippen LogP contribution in [0.15, 0.2) is 41.8 Å². The van der Waals surface area contributed by atoms with E-state index in [1.54, 1.807) is 18.3 Å². The molecule has 2 rings (SSSR count). The van der Waals surface area contributed by atoms with Gasteiger partial charge in [0.15, 0.2) is 0 Å². The van der Waals surface area contributed by atoms with E-state index in [1.165, 1.54) is 4.88 Å². The molecule has 2 aromatic rings. The molecule has 1 heterocycles. The number of hydrogen-bond acceptors (Lipinski definition) is 4. The summed E-state index contributed by atoms with van der Waals surface area (Å²) in [4.78, 5) is 12.7. The molecule has 0 bridgehead atoms. The Morgan fingerprint density at radius 1 is 1.19 bits per heavy atom. The van der Waals surface area contributed by atoms with E-state index in [9.17, 15) is 4.79 Å². The first-order chi connectivity index (χ1) is 10.2. The van der Waals surface area contributed by atoms with Crippen LogP contribution in [0.3, 0.4) is 0 Å². The molecule has 1 amide bonds. The largest absolute Gasteiger partial charge is 0.450 e. The molecular weight excluding hydrogens is 284 g/mol. The SMILES string of the molecule is CCOC(=O)Nc1ccc(NC(CC)c2cccs2)cc1. The fourth-order valence-electron chi connectivity index (χ4n) is 2.00. The molecule has 1 aromatic heterocycles. The van der Waals surface area contributed by atoms with Crippen LogP contribution in [0.2, 0.25) is 0 Å². The number of benzene rings is 1. The van der Waals surface area contributed by atoms with Gasteiger partial charge in [-0.05, 0) is 49.1 Å². The van der Waals surface area contributed by atoms with Crippen molar-refractivity contribution in [2.75, 3.05) is 17.2 Å². The average molecular weight is 304 g/mol. The summed E-state index contributed by atoms with van der Waals surface area (Å²) >= 11 is 1.76. The van der Waals surface area contributed by atoms with Crippen LogP contribution in [0.25, 0.3) is 0 Å². The lowest BCUT2D eigenvalue weighted by Crippen LogP contribution is -2.13. The molecule has 1 aromatic carbocycles. The third-order valence-corrected chi connectivity index (χ3v) is 4.03. The van der Waals surface area contributed by atoms with Gasteiger partial charge in [0.05, 0.1) is 12.6 Å². The monoisotopic (exact) mass is 304 g/mol. The summed E-state index contributed by atoms with van der Waals surface area (Å²) in [5.41, 5.74) is 1.76. The molecule has 0 radical (unpaired) electrons. The van der Waals surface area contributed by atoms with Crippen molar-refractivity contribution in [1.82, 2.24) is 0 Å². The van der Waals surface area contributed by atoms with Crippen LogP contribution in [0.5, 0.6) is 0 Å². The first kappa shape index (κ1) is 15.4. The van der Waals surface area contributed by atoms with Crippen molar-refractivity contribution in [3.63, 3.8) is 0 Å². The molecular formula is C16H20N2O2S. The highest BCUT2D eigenvalue weighted by Gasteiger charge is 2.10.